The number of benzene rings is 2. The van der Waals surface area contributed by atoms with Crippen LogP contribution >= 0.6 is 0 Å². The summed E-state index contributed by atoms with van der Waals surface area (Å²) >= 11 is 0. The standard InChI is InChI=1S/C25H33N3O3/c1-18(2)31-17-21-8-10-22(11-9-21)25(30)28-14-12-27(13-15-28)16-23(29)26-24-19(3)6-5-7-20(24)4/h5-11,18H,12-17H2,1-4H3,(H,26,29). The number of para-hydroxylation sites is 1. The molecule has 1 fully saturated rings. The van der Waals surface area contributed by atoms with Gasteiger partial charge in [-0.15, -0.1) is 0 Å². The van der Waals surface area contributed by atoms with Crippen LogP contribution in [0.25, 0.3) is 0 Å². The zero-order valence-corrected chi connectivity index (χ0v) is 19.0. The Morgan fingerprint density at radius 1 is 0.968 bits per heavy atom. The van der Waals surface area contributed by atoms with Crippen LogP contribution in [-0.4, -0.2) is 60.4 Å². The number of hydrogen-bond acceptors (Lipinski definition) is 4. The van der Waals surface area contributed by atoms with Gasteiger partial charge in [0.15, 0.2) is 0 Å². The van der Waals surface area contributed by atoms with Gasteiger partial charge in [-0.3, -0.25) is 14.5 Å². The second-order valence-electron chi connectivity index (χ2n) is 8.44. The Balaban J connectivity index is 1.47. The summed E-state index contributed by atoms with van der Waals surface area (Å²) in [5.41, 5.74) is 4.76. The van der Waals surface area contributed by atoms with Gasteiger partial charge in [-0.05, 0) is 56.5 Å². The van der Waals surface area contributed by atoms with Crippen molar-refractivity contribution >= 4 is 17.5 Å². The molecular weight excluding hydrogens is 390 g/mol. The van der Waals surface area contributed by atoms with Crippen LogP contribution in [0.5, 0.6) is 0 Å². The summed E-state index contributed by atoms with van der Waals surface area (Å²) in [6.07, 6.45) is 0.181. The van der Waals surface area contributed by atoms with Crippen molar-refractivity contribution in [1.29, 1.82) is 0 Å². The molecule has 0 aromatic heterocycles. The molecule has 1 aliphatic heterocycles. The zero-order chi connectivity index (χ0) is 22.4. The molecule has 1 aliphatic rings. The highest BCUT2D eigenvalue weighted by atomic mass is 16.5. The van der Waals surface area contributed by atoms with Crippen LogP contribution in [0.4, 0.5) is 5.69 Å². The quantitative estimate of drug-likeness (QED) is 0.739. The second-order valence-corrected chi connectivity index (χ2v) is 8.44. The monoisotopic (exact) mass is 423 g/mol. The average molecular weight is 424 g/mol. The summed E-state index contributed by atoms with van der Waals surface area (Å²) in [5.74, 6) is 0.0207. The predicted molar refractivity (Wildman–Crippen MR) is 123 cm³/mol. The van der Waals surface area contributed by atoms with Crippen LogP contribution < -0.4 is 5.32 Å². The first-order chi connectivity index (χ1) is 14.8. The number of hydrogen-bond donors (Lipinski definition) is 1. The highest BCUT2D eigenvalue weighted by Gasteiger charge is 2.23. The third-order valence-corrected chi connectivity index (χ3v) is 5.56. The van der Waals surface area contributed by atoms with Crippen molar-refractivity contribution in [2.45, 2.75) is 40.4 Å². The molecule has 2 amide bonds. The number of aryl methyl sites for hydroxylation is 2. The van der Waals surface area contributed by atoms with Crippen molar-refractivity contribution in [2.24, 2.45) is 0 Å². The minimum atomic E-state index is -0.0172. The van der Waals surface area contributed by atoms with Gasteiger partial charge in [-0.25, -0.2) is 0 Å². The third kappa shape index (κ3) is 6.39. The van der Waals surface area contributed by atoms with Crippen LogP contribution in [0.2, 0.25) is 0 Å². The van der Waals surface area contributed by atoms with E-state index in [1.54, 1.807) is 0 Å². The first-order valence-corrected chi connectivity index (χ1v) is 10.9. The van der Waals surface area contributed by atoms with Crippen molar-refractivity contribution in [3.05, 3.63) is 64.7 Å². The van der Waals surface area contributed by atoms with Crippen molar-refractivity contribution in [1.82, 2.24) is 9.80 Å². The molecule has 3 rings (SSSR count). The Labute approximate surface area is 185 Å². The summed E-state index contributed by atoms with van der Waals surface area (Å²) in [6.45, 7) is 11.5. The smallest absolute Gasteiger partial charge is 0.253 e. The molecule has 31 heavy (non-hydrogen) atoms. The molecule has 166 valence electrons. The van der Waals surface area contributed by atoms with Crippen molar-refractivity contribution < 1.29 is 14.3 Å². The van der Waals surface area contributed by atoms with Crippen molar-refractivity contribution in [2.75, 3.05) is 38.0 Å². The first kappa shape index (κ1) is 23.0. The van der Waals surface area contributed by atoms with E-state index in [1.165, 1.54) is 0 Å². The molecule has 6 heteroatoms. The van der Waals surface area contributed by atoms with Gasteiger partial charge in [0.05, 0.1) is 19.3 Å². The number of ether oxygens (including phenoxy) is 1. The number of nitrogens with one attached hydrogen (secondary N) is 1. The highest BCUT2D eigenvalue weighted by molar-refractivity contribution is 5.95. The minimum absolute atomic E-state index is 0.0172. The molecule has 1 N–H and O–H groups in total. The lowest BCUT2D eigenvalue weighted by Crippen LogP contribution is -2.50. The summed E-state index contributed by atoms with van der Waals surface area (Å²) in [6, 6.07) is 13.6. The highest BCUT2D eigenvalue weighted by Crippen LogP contribution is 2.19. The molecule has 1 heterocycles. The number of anilines is 1. The molecule has 0 aliphatic carbocycles. The Morgan fingerprint density at radius 2 is 1.58 bits per heavy atom. The number of carbonyl (C=O) groups is 2. The summed E-state index contributed by atoms with van der Waals surface area (Å²) in [7, 11) is 0. The Hall–Kier alpha value is -2.70. The van der Waals surface area contributed by atoms with E-state index in [-0.39, 0.29) is 17.9 Å². The first-order valence-electron chi connectivity index (χ1n) is 10.9. The largest absolute Gasteiger partial charge is 0.374 e. The summed E-state index contributed by atoms with van der Waals surface area (Å²) in [5, 5.41) is 3.04. The summed E-state index contributed by atoms with van der Waals surface area (Å²) in [4.78, 5) is 29.3. The lowest BCUT2D eigenvalue weighted by Gasteiger charge is -2.34. The predicted octanol–water partition coefficient (Wildman–Crippen LogP) is 3.62. The molecule has 2 aromatic rings. The van der Waals surface area contributed by atoms with Gasteiger partial charge < -0.3 is 15.0 Å². The van der Waals surface area contributed by atoms with E-state index in [4.69, 9.17) is 4.74 Å². The normalized spacial score (nSPS) is 14.7. The van der Waals surface area contributed by atoms with Gasteiger partial charge in [0.25, 0.3) is 5.91 Å². The third-order valence-electron chi connectivity index (χ3n) is 5.56. The average Bonchev–Trinajstić information content (AvgIpc) is 2.75. The van der Waals surface area contributed by atoms with Gasteiger partial charge >= 0.3 is 0 Å². The number of amides is 2. The van der Waals surface area contributed by atoms with Crippen LogP contribution in [0.1, 0.15) is 40.9 Å². The van der Waals surface area contributed by atoms with Crippen LogP contribution in [-0.2, 0) is 16.1 Å². The van der Waals surface area contributed by atoms with Crippen LogP contribution in [0, 0.1) is 13.8 Å². The van der Waals surface area contributed by atoms with Crippen molar-refractivity contribution in [3.63, 3.8) is 0 Å². The number of rotatable bonds is 7. The maximum Gasteiger partial charge on any atom is 0.253 e. The molecule has 0 saturated carbocycles. The number of piperazine rings is 1. The molecule has 2 aromatic carbocycles. The molecule has 0 atom stereocenters. The Morgan fingerprint density at radius 3 is 2.16 bits per heavy atom. The Bertz CT molecular complexity index is 880. The topological polar surface area (TPSA) is 61.9 Å². The lowest BCUT2D eigenvalue weighted by molar-refractivity contribution is -0.117. The minimum Gasteiger partial charge on any atom is -0.374 e. The number of carbonyl (C=O) groups excluding carboxylic acids is 2. The molecule has 0 spiro atoms. The van der Waals surface area contributed by atoms with E-state index in [0.29, 0.717) is 44.9 Å². The molecule has 6 nitrogen and oxygen atoms in total. The Kier molecular flexibility index (Phi) is 7.82. The SMILES string of the molecule is Cc1cccc(C)c1NC(=O)CN1CCN(C(=O)c2ccc(COC(C)C)cc2)CC1. The van der Waals surface area contributed by atoms with E-state index in [2.05, 4.69) is 10.2 Å². The number of nitrogens with zero attached hydrogens (tertiary/aromatic N) is 2. The van der Waals surface area contributed by atoms with E-state index in [0.717, 1.165) is 22.4 Å². The van der Waals surface area contributed by atoms with Gasteiger partial charge in [0.1, 0.15) is 0 Å². The van der Waals surface area contributed by atoms with E-state index >= 15 is 0 Å². The van der Waals surface area contributed by atoms with Crippen LogP contribution in [0.15, 0.2) is 42.5 Å². The summed E-state index contributed by atoms with van der Waals surface area (Å²) < 4.78 is 5.60. The zero-order valence-electron chi connectivity index (χ0n) is 19.0. The second kappa shape index (κ2) is 10.6. The maximum atomic E-state index is 12.8. The molecular formula is C25H33N3O3. The fraction of sp³-hybridized carbons (Fsp3) is 0.440. The van der Waals surface area contributed by atoms with Gasteiger partial charge in [-0.1, -0.05) is 30.3 Å². The molecule has 1 saturated heterocycles. The van der Waals surface area contributed by atoms with Crippen LogP contribution in [0.3, 0.4) is 0 Å². The maximum absolute atomic E-state index is 12.8. The lowest BCUT2D eigenvalue weighted by atomic mass is 10.1. The molecule has 0 bridgehead atoms. The van der Waals surface area contributed by atoms with Crippen molar-refractivity contribution in [3.8, 4) is 0 Å². The van der Waals surface area contributed by atoms with Gasteiger partial charge in [-0.2, -0.15) is 0 Å². The van der Waals surface area contributed by atoms with Gasteiger partial charge in [0, 0.05) is 37.4 Å². The van der Waals surface area contributed by atoms with E-state index < -0.39 is 0 Å². The fourth-order valence-electron chi connectivity index (χ4n) is 3.69. The molecule has 0 radical (unpaired) electrons. The van der Waals surface area contributed by atoms with E-state index in [1.807, 2.05) is 75.1 Å². The molecule has 0 unspecified atom stereocenters. The fourth-order valence-corrected chi connectivity index (χ4v) is 3.69. The van der Waals surface area contributed by atoms with E-state index in [9.17, 15) is 9.59 Å². The van der Waals surface area contributed by atoms with Gasteiger partial charge in [0.2, 0.25) is 5.91 Å².